The number of halogens is 1. The molecule has 2 aromatic rings. The zero-order chi connectivity index (χ0) is 19.0. The molecule has 1 aromatic heterocycles. The van der Waals surface area contributed by atoms with Crippen LogP contribution in [0.4, 0.5) is 5.69 Å². The molecule has 8 heteroatoms. The second kappa shape index (κ2) is 7.27. The second-order valence-electron chi connectivity index (χ2n) is 7.32. The molecule has 1 saturated carbocycles. The predicted molar refractivity (Wildman–Crippen MR) is 106 cm³/mol. The number of aromatic nitrogens is 1. The van der Waals surface area contributed by atoms with Crippen LogP contribution in [-0.4, -0.2) is 38.3 Å². The van der Waals surface area contributed by atoms with Crippen molar-refractivity contribution in [2.45, 2.75) is 30.9 Å². The van der Waals surface area contributed by atoms with Crippen LogP contribution >= 0.6 is 11.6 Å². The second-order valence-corrected chi connectivity index (χ2v) is 9.77. The van der Waals surface area contributed by atoms with Crippen molar-refractivity contribution >= 4 is 38.2 Å². The van der Waals surface area contributed by atoms with E-state index in [1.165, 1.54) is 0 Å². The zero-order valence-corrected chi connectivity index (χ0v) is 16.4. The third-order valence-corrected chi connectivity index (χ3v) is 7.53. The fraction of sp³-hybridized carbons (Fsp3) is 0.474. The molecule has 4 rings (SSSR count). The zero-order valence-electron chi connectivity index (χ0n) is 14.9. The summed E-state index contributed by atoms with van der Waals surface area (Å²) in [6.07, 6.45) is 5.02. The van der Waals surface area contributed by atoms with Crippen molar-refractivity contribution in [3.05, 3.63) is 35.0 Å². The lowest BCUT2D eigenvalue weighted by atomic mass is 9.96. The molecule has 1 atom stereocenters. The highest BCUT2D eigenvalue weighted by Crippen LogP contribution is 2.35. The molecule has 1 saturated heterocycles. The number of pyridine rings is 1. The summed E-state index contributed by atoms with van der Waals surface area (Å²) in [5.74, 6) is 0.209. The molecular weight excluding hydrogens is 384 g/mol. The van der Waals surface area contributed by atoms with Gasteiger partial charge in [0.25, 0.3) is 0 Å². The van der Waals surface area contributed by atoms with Crippen molar-refractivity contribution in [3.8, 4) is 6.07 Å². The lowest BCUT2D eigenvalue weighted by molar-refractivity contribution is 0.411. The Morgan fingerprint density at radius 2 is 2.15 bits per heavy atom. The number of sulfonamides is 1. The summed E-state index contributed by atoms with van der Waals surface area (Å²) in [4.78, 5) is 6.53. The Morgan fingerprint density at radius 3 is 2.89 bits per heavy atom. The number of fused-ring (bicyclic) bond motifs is 1. The van der Waals surface area contributed by atoms with Crippen LogP contribution < -0.4 is 9.62 Å². The standard InChI is InChI=1S/C19H21ClN4O2S/c20-17-5-1-4-16-18(17)22-11-14(9-21)19(16)24-8-2-3-13(12-24)10-23-27(25,26)15-6-7-15/h1,4-5,11,13,15,23H,2-3,6-8,10,12H2. The molecule has 1 aliphatic heterocycles. The molecule has 0 spiro atoms. The van der Waals surface area contributed by atoms with Gasteiger partial charge >= 0.3 is 0 Å². The Labute approximate surface area is 164 Å². The molecule has 0 radical (unpaired) electrons. The maximum absolute atomic E-state index is 12.1. The first-order valence-electron chi connectivity index (χ1n) is 9.20. The van der Waals surface area contributed by atoms with Gasteiger partial charge < -0.3 is 4.90 Å². The van der Waals surface area contributed by atoms with Gasteiger partial charge in [0.05, 0.1) is 27.0 Å². The Kier molecular flexibility index (Phi) is 4.97. The maximum atomic E-state index is 12.1. The first kappa shape index (κ1) is 18.5. The number of piperidine rings is 1. The summed E-state index contributed by atoms with van der Waals surface area (Å²) in [5.41, 5.74) is 2.05. The Bertz CT molecular complexity index is 1010. The van der Waals surface area contributed by atoms with Crippen LogP contribution in [0.5, 0.6) is 0 Å². The largest absolute Gasteiger partial charge is 0.370 e. The van der Waals surface area contributed by atoms with E-state index in [0.29, 0.717) is 29.2 Å². The summed E-state index contributed by atoms with van der Waals surface area (Å²) in [7, 11) is -3.17. The van der Waals surface area contributed by atoms with Gasteiger partial charge in [-0.15, -0.1) is 0 Å². The first-order valence-corrected chi connectivity index (χ1v) is 11.1. The molecule has 142 valence electrons. The topological polar surface area (TPSA) is 86.1 Å². The monoisotopic (exact) mass is 404 g/mol. The van der Waals surface area contributed by atoms with E-state index in [0.717, 1.165) is 43.3 Å². The molecule has 2 heterocycles. The van der Waals surface area contributed by atoms with E-state index in [2.05, 4.69) is 20.7 Å². The first-order chi connectivity index (χ1) is 13.0. The van der Waals surface area contributed by atoms with Crippen LogP contribution in [-0.2, 0) is 10.0 Å². The van der Waals surface area contributed by atoms with Gasteiger partial charge in [0.1, 0.15) is 6.07 Å². The lowest BCUT2D eigenvalue weighted by Gasteiger charge is -2.35. The van der Waals surface area contributed by atoms with Gasteiger partial charge in [-0.05, 0) is 37.7 Å². The lowest BCUT2D eigenvalue weighted by Crippen LogP contribution is -2.42. The molecule has 6 nitrogen and oxygen atoms in total. The SMILES string of the molecule is N#Cc1cnc2c(Cl)cccc2c1N1CCCC(CNS(=O)(=O)C2CC2)C1. The number of benzene rings is 1. The summed E-state index contributed by atoms with van der Waals surface area (Å²) in [6, 6.07) is 7.83. The van der Waals surface area contributed by atoms with Crippen molar-refractivity contribution < 1.29 is 8.42 Å². The molecule has 1 aromatic carbocycles. The third kappa shape index (κ3) is 3.75. The van der Waals surface area contributed by atoms with Crippen molar-refractivity contribution in [1.82, 2.24) is 9.71 Å². The van der Waals surface area contributed by atoms with E-state index < -0.39 is 10.0 Å². The molecule has 0 bridgehead atoms. The molecule has 1 N–H and O–H groups in total. The summed E-state index contributed by atoms with van der Waals surface area (Å²) in [6.45, 7) is 1.97. The van der Waals surface area contributed by atoms with Crippen molar-refractivity contribution in [2.75, 3.05) is 24.5 Å². The number of hydrogen-bond acceptors (Lipinski definition) is 5. The number of para-hydroxylation sites is 1. The Morgan fingerprint density at radius 1 is 1.33 bits per heavy atom. The van der Waals surface area contributed by atoms with E-state index in [9.17, 15) is 13.7 Å². The highest BCUT2D eigenvalue weighted by molar-refractivity contribution is 7.90. The van der Waals surface area contributed by atoms with Gasteiger partial charge in [-0.2, -0.15) is 5.26 Å². The average molecular weight is 405 g/mol. The number of nitrogens with one attached hydrogen (secondary N) is 1. The van der Waals surface area contributed by atoms with E-state index in [1.54, 1.807) is 12.3 Å². The maximum Gasteiger partial charge on any atom is 0.214 e. The molecule has 1 aliphatic carbocycles. The minimum absolute atomic E-state index is 0.200. The van der Waals surface area contributed by atoms with Gasteiger partial charge in [-0.25, -0.2) is 13.1 Å². The Balaban J connectivity index is 1.59. The molecule has 27 heavy (non-hydrogen) atoms. The minimum atomic E-state index is -3.17. The van der Waals surface area contributed by atoms with Crippen LogP contribution in [0.3, 0.4) is 0 Å². The van der Waals surface area contributed by atoms with Crippen LogP contribution in [0.15, 0.2) is 24.4 Å². The van der Waals surface area contributed by atoms with Crippen molar-refractivity contribution in [3.63, 3.8) is 0 Å². The van der Waals surface area contributed by atoms with Crippen LogP contribution in [0.1, 0.15) is 31.2 Å². The molecule has 2 fully saturated rings. The minimum Gasteiger partial charge on any atom is -0.370 e. The number of anilines is 1. The molecule has 2 aliphatic rings. The normalized spacial score (nSPS) is 20.6. The van der Waals surface area contributed by atoms with Gasteiger partial charge in [0.15, 0.2) is 0 Å². The number of nitrogens with zero attached hydrogens (tertiary/aromatic N) is 3. The third-order valence-electron chi connectivity index (χ3n) is 5.31. The predicted octanol–water partition coefficient (Wildman–Crippen LogP) is 3.06. The Hall–Kier alpha value is -1.88. The molecule has 1 unspecified atom stereocenters. The quantitative estimate of drug-likeness (QED) is 0.827. The smallest absolute Gasteiger partial charge is 0.214 e. The number of rotatable bonds is 5. The highest BCUT2D eigenvalue weighted by atomic mass is 35.5. The van der Waals surface area contributed by atoms with Gasteiger partial charge in [0, 0.05) is 31.2 Å². The average Bonchev–Trinajstić information content (AvgIpc) is 3.52. The number of hydrogen-bond donors (Lipinski definition) is 1. The van der Waals surface area contributed by atoms with Gasteiger partial charge in [-0.1, -0.05) is 23.7 Å². The van der Waals surface area contributed by atoms with Gasteiger partial charge in [0.2, 0.25) is 10.0 Å². The number of nitriles is 1. The van der Waals surface area contributed by atoms with Crippen molar-refractivity contribution in [1.29, 1.82) is 5.26 Å². The van der Waals surface area contributed by atoms with Crippen LogP contribution in [0.25, 0.3) is 10.9 Å². The fourth-order valence-corrected chi connectivity index (χ4v) is 5.44. The van der Waals surface area contributed by atoms with Crippen molar-refractivity contribution in [2.24, 2.45) is 5.92 Å². The summed E-state index contributed by atoms with van der Waals surface area (Å²) in [5, 5.41) is 10.8. The van der Waals surface area contributed by atoms with Crippen LogP contribution in [0.2, 0.25) is 5.02 Å². The molecule has 0 amide bonds. The van der Waals surface area contributed by atoms with E-state index >= 15 is 0 Å². The highest BCUT2D eigenvalue weighted by Gasteiger charge is 2.36. The van der Waals surface area contributed by atoms with Gasteiger partial charge in [-0.3, -0.25) is 4.98 Å². The molecular formula is C19H21ClN4O2S. The fourth-order valence-electron chi connectivity index (χ4n) is 3.76. The van der Waals surface area contributed by atoms with E-state index in [4.69, 9.17) is 11.6 Å². The summed E-state index contributed by atoms with van der Waals surface area (Å²) < 4.78 is 27.0. The van der Waals surface area contributed by atoms with Crippen LogP contribution in [0, 0.1) is 17.2 Å². The van der Waals surface area contributed by atoms with E-state index in [1.807, 2.05) is 12.1 Å². The summed E-state index contributed by atoms with van der Waals surface area (Å²) >= 11 is 6.29. The van der Waals surface area contributed by atoms with E-state index in [-0.39, 0.29) is 11.2 Å².